The van der Waals surface area contributed by atoms with Crippen molar-refractivity contribution in [2.75, 3.05) is 6.54 Å². The van der Waals surface area contributed by atoms with Crippen molar-refractivity contribution in [1.29, 1.82) is 5.26 Å². The first-order valence-corrected chi connectivity index (χ1v) is 8.61. The molecule has 0 aromatic heterocycles. The van der Waals surface area contributed by atoms with E-state index in [4.69, 9.17) is 4.74 Å². The van der Waals surface area contributed by atoms with Crippen LogP contribution in [-0.4, -0.2) is 23.7 Å². The summed E-state index contributed by atoms with van der Waals surface area (Å²) in [6.45, 7) is 4.01. The zero-order valence-corrected chi connectivity index (χ0v) is 14.4. The number of ether oxygens (including phenoxy) is 1. The molecule has 1 aromatic rings. The van der Waals surface area contributed by atoms with E-state index in [9.17, 15) is 15.2 Å². The summed E-state index contributed by atoms with van der Waals surface area (Å²) in [7, 11) is 0. The van der Waals surface area contributed by atoms with Crippen LogP contribution in [0.5, 0.6) is 5.75 Å². The number of nitrogens with zero attached hydrogens (tertiary/aromatic N) is 1. The number of rotatable bonds is 6. The summed E-state index contributed by atoms with van der Waals surface area (Å²) in [5.74, 6) is 0.485. The number of benzene rings is 1. The molecule has 0 aliphatic heterocycles. The van der Waals surface area contributed by atoms with Crippen LogP contribution in [0.3, 0.4) is 0 Å². The molecule has 0 spiro atoms. The van der Waals surface area contributed by atoms with Gasteiger partial charge in [0.1, 0.15) is 11.2 Å². The molecule has 2 N–H and O–H groups in total. The molecule has 1 aliphatic rings. The summed E-state index contributed by atoms with van der Waals surface area (Å²) < 4.78 is 5.57. The van der Waals surface area contributed by atoms with E-state index in [2.05, 4.69) is 11.4 Å². The summed E-state index contributed by atoms with van der Waals surface area (Å²) in [4.78, 5) is 12.4. The monoisotopic (exact) mass is 330 g/mol. The Balaban J connectivity index is 1.91. The van der Waals surface area contributed by atoms with Crippen LogP contribution < -0.4 is 10.1 Å². The third-order valence-corrected chi connectivity index (χ3v) is 4.45. The second-order valence-corrected chi connectivity index (χ2v) is 6.72. The van der Waals surface area contributed by atoms with Gasteiger partial charge in [0.2, 0.25) is 5.91 Å². The van der Waals surface area contributed by atoms with Gasteiger partial charge < -0.3 is 15.2 Å². The molecule has 2 rings (SSSR count). The summed E-state index contributed by atoms with van der Waals surface area (Å²) in [6, 6.07) is 9.38. The summed E-state index contributed by atoms with van der Waals surface area (Å²) in [5.41, 5.74) is -0.214. The van der Waals surface area contributed by atoms with Gasteiger partial charge in [0.15, 0.2) is 0 Å². The lowest BCUT2D eigenvalue weighted by Crippen LogP contribution is -2.42. The Hall–Kier alpha value is -2.06. The second-order valence-electron chi connectivity index (χ2n) is 6.72. The van der Waals surface area contributed by atoms with Gasteiger partial charge in [-0.1, -0.05) is 31.4 Å². The molecule has 1 unspecified atom stereocenters. The van der Waals surface area contributed by atoms with Crippen LogP contribution in [-0.2, 0) is 4.79 Å². The van der Waals surface area contributed by atoms with Gasteiger partial charge in [-0.15, -0.1) is 0 Å². The maximum Gasteiger partial charge on any atom is 0.240 e. The van der Waals surface area contributed by atoms with Crippen molar-refractivity contribution in [2.24, 2.45) is 5.41 Å². The van der Waals surface area contributed by atoms with E-state index in [0.29, 0.717) is 18.4 Å². The minimum Gasteiger partial charge on any atom is -0.491 e. The topological polar surface area (TPSA) is 82.3 Å². The highest BCUT2D eigenvalue weighted by Crippen LogP contribution is 2.35. The van der Waals surface area contributed by atoms with Gasteiger partial charge >= 0.3 is 0 Å². The maximum atomic E-state index is 12.4. The number of aliphatic hydroxyl groups is 1. The highest BCUT2D eigenvalue weighted by molar-refractivity contribution is 5.85. The Morgan fingerprint density at radius 2 is 1.92 bits per heavy atom. The first-order chi connectivity index (χ1) is 11.5. The largest absolute Gasteiger partial charge is 0.491 e. The SMILES string of the molecule is CC(C)Oc1ccc(C(O)CNC(=O)C2(C#N)CCCCC2)cc1. The van der Waals surface area contributed by atoms with Crippen molar-refractivity contribution in [1.82, 2.24) is 5.32 Å². The van der Waals surface area contributed by atoms with Gasteiger partial charge in [-0.3, -0.25) is 4.79 Å². The molecule has 5 nitrogen and oxygen atoms in total. The molecule has 1 saturated carbocycles. The van der Waals surface area contributed by atoms with Gasteiger partial charge in [0.25, 0.3) is 0 Å². The highest BCUT2D eigenvalue weighted by Gasteiger charge is 2.39. The van der Waals surface area contributed by atoms with E-state index in [-0.39, 0.29) is 18.6 Å². The molecule has 1 fully saturated rings. The molecule has 0 bridgehead atoms. The maximum absolute atomic E-state index is 12.4. The third kappa shape index (κ3) is 4.48. The number of hydrogen-bond donors (Lipinski definition) is 2. The van der Waals surface area contributed by atoms with Crippen molar-refractivity contribution in [2.45, 2.75) is 58.2 Å². The molecule has 130 valence electrons. The smallest absolute Gasteiger partial charge is 0.240 e. The average Bonchev–Trinajstić information content (AvgIpc) is 2.60. The van der Waals surface area contributed by atoms with Crippen molar-refractivity contribution in [3.8, 4) is 11.8 Å². The van der Waals surface area contributed by atoms with E-state index in [1.165, 1.54) is 0 Å². The number of nitriles is 1. The summed E-state index contributed by atoms with van der Waals surface area (Å²) in [6.07, 6.45) is 3.38. The second kappa shape index (κ2) is 8.16. The minimum atomic E-state index is -0.924. The van der Waals surface area contributed by atoms with Crippen LogP contribution in [0, 0.1) is 16.7 Å². The van der Waals surface area contributed by atoms with Gasteiger partial charge in [0, 0.05) is 6.54 Å². The predicted octanol–water partition coefficient (Wildman–Crippen LogP) is 3.10. The van der Waals surface area contributed by atoms with Crippen molar-refractivity contribution in [3.63, 3.8) is 0 Å². The van der Waals surface area contributed by atoms with E-state index in [1.807, 2.05) is 13.8 Å². The number of nitrogens with one attached hydrogen (secondary N) is 1. The van der Waals surface area contributed by atoms with E-state index in [1.54, 1.807) is 24.3 Å². The van der Waals surface area contributed by atoms with Crippen LogP contribution in [0.1, 0.15) is 57.6 Å². The molecule has 0 radical (unpaired) electrons. The molecule has 1 atom stereocenters. The van der Waals surface area contributed by atoms with Gasteiger partial charge in [-0.05, 0) is 44.4 Å². The lowest BCUT2D eigenvalue weighted by molar-refractivity contribution is -0.130. The molecule has 1 aliphatic carbocycles. The van der Waals surface area contributed by atoms with Crippen molar-refractivity contribution in [3.05, 3.63) is 29.8 Å². The zero-order valence-electron chi connectivity index (χ0n) is 14.4. The van der Waals surface area contributed by atoms with Crippen molar-refractivity contribution >= 4 is 5.91 Å². The number of aliphatic hydroxyl groups excluding tert-OH is 1. The third-order valence-electron chi connectivity index (χ3n) is 4.45. The fourth-order valence-electron chi connectivity index (χ4n) is 3.06. The van der Waals surface area contributed by atoms with Crippen LogP contribution >= 0.6 is 0 Å². The molecular formula is C19H26N2O3. The van der Waals surface area contributed by atoms with E-state index >= 15 is 0 Å². The van der Waals surface area contributed by atoms with Gasteiger partial charge in [-0.2, -0.15) is 5.26 Å². The van der Waals surface area contributed by atoms with Crippen LogP contribution in [0.25, 0.3) is 0 Å². The first-order valence-electron chi connectivity index (χ1n) is 8.61. The number of hydrogen-bond acceptors (Lipinski definition) is 4. The van der Waals surface area contributed by atoms with Gasteiger partial charge in [-0.25, -0.2) is 0 Å². The predicted molar refractivity (Wildman–Crippen MR) is 91.3 cm³/mol. The van der Waals surface area contributed by atoms with E-state index in [0.717, 1.165) is 25.0 Å². The minimum absolute atomic E-state index is 0.0951. The standard InChI is InChI=1S/C19H26N2O3/c1-14(2)24-16-8-6-15(7-9-16)17(22)12-21-18(23)19(13-20)10-4-3-5-11-19/h6-9,14,17,22H,3-5,10-12H2,1-2H3,(H,21,23). The molecular weight excluding hydrogens is 304 g/mol. The fraction of sp³-hybridized carbons (Fsp3) is 0.579. The lowest BCUT2D eigenvalue weighted by atomic mass is 9.74. The first kappa shape index (κ1) is 18.3. The molecule has 1 aromatic carbocycles. The van der Waals surface area contributed by atoms with Crippen LogP contribution in [0.4, 0.5) is 0 Å². The molecule has 5 heteroatoms. The van der Waals surface area contributed by atoms with Crippen LogP contribution in [0.2, 0.25) is 0 Å². The molecule has 0 saturated heterocycles. The normalized spacial score (nSPS) is 17.8. The Kier molecular flexibility index (Phi) is 6.22. The summed E-state index contributed by atoms with van der Waals surface area (Å²) in [5, 5.41) is 22.4. The Morgan fingerprint density at radius 3 is 2.46 bits per heavy atom. The Labute approximate surface area is 143 Å². The molecule has 1 amide bonds. The number of amides is 1. The fourth-order valence-corrected chi connectivity index (χ4v) is 3.06. The number of carbonyl (C=O) groups excluding carboxylic acids is 1. The van der Waals surface area contributed by atoms with Crippen LogP contribution in [0.15, 0.2) is 24.3 Å². The molecule has 24 heavy (non-hydrogen) atoms. The molecule has 0 heterocycles. The Bertz CT molecular complexity index is 584. The quantitative estimate of drug-likeness (QED) is 0.839. The average molecular weight is 330 g/mol. The van der Waals surface area contributed by atoms with Crippen molar-refractivity contribution < 1.29 is 14.6 Å². The summed E-state index contributed by atoms with van der Waals surface area (Å²) >= 11 is 0. The van der Waals surface area contributed by atoms with Gasteiger partial charge in [0.05, 0.1) is 18.3 Å². The number of carbonyl (C=O) groups is 1. The lowest BCUT2D eigenvalue weighted by Gasteiger charge is -2.29. The van der Waals surface area contributed by atoms with E-state index < -0.39 is 11.5 Å². The highest BCUT2D eigenvalue weighted by atomic mass is 16.5. The zero-order chi connectivity index (χ0) is 17.6. The Morgan fingerprint density at radius 1 is 1.29 bits per heavy atom.